The van der Waals surface area contributed by atoms with Crippen LogP contribution in [0.4, 0.5) is 5.69 Å². The monoisotopic (exact) mass is 439 g/mol. The Morgan fingerprint density at radius 2 is 2.08 bits per heavy atom. The molecule has 0 spiro atoms. The number of rotatable bonds is 5. The second kappa shape index (κ2) is 7.74. The smallest absolute Gasteiger partial charge is 0.192 e. The van der Waals surface area contributed by atoms with Gasteiger partial charge in [0, 0.05) is 16.8 Å². The summed E-state index contributed by atoms with van der Waals surface area (Å²) in [6.07, 6.45) is 7.21. The maximum absolute atomic E-state index is 10.1. The highest BCUT2D eigenvalue weighted by Crippen LogP contribution is 2.40. The summed E-state index contributed by atoms with van der Waals surface area (Å²) in [5, 5.41) is 13.6. The van der Waals surface area contributed by atoms with Gasteiger partial charge in [-0.2, -0.15) is 0 Å². The van der Waals surface area contributed by atoms with E-state index < -0.39 is 0 Å². The van der Waals surface area contributed by atoms with Gasteiger partial charge >= 0.3 is 0 Å². The minimum Gasteiger partial charge on any atom is -0.427 e. The number of fused-ring (bicyclic) bond motifs is 1. The molecule has 1 aliphatic heterocycles. The van der Waals surface area contributed by atoms with Crippen molar-refractivity contribution in [3.63, 3.8) is 0 Å². The van der Waals surface area contributed by atoms with E-state index in [0.29, 0.717) is 0 Å². The highest BCUT2D eigenvalue weighted by molar-refractivity contribution is 14.1. The summed E-state index contributed by atoms with van der Waals surface area (Å²) in [5.41, 5.74) is 6.23. The highest BCUT2D eigenvalue weighted by Gasteiger charge is 2.26. The van der Waals surface area contributed by atoms with E-state index in [4.69, 9.17) is 3.07 Å². The second-order valence-electron chi connectivity index (χ2n) is 6.60. The summed E-state index contributed by atoms with van der Waals surface area (Å²) in [6.45, 7) is 10.5. The summed E-state index contributed by atoms with van der Waals surface area (Å²) in [5.74, 6) is 0.834. The molecule has 4 heteroatoms. The molecule has 0 atom stereocenters. The Hall–Kier alpha value is -1.27. The molecule has 1 aromatic carbocycles. The third-order valence-corrected chi connectivity index (χ3v) is 4.69. The first kappa shape index (κ1) is 19.1. The lowest BCUT2D eigenvalue weighted by Gasteiger charge is -2.33. The SMILES string of the molecule is C/C=C(\C(=C/CC)OI)c1ccc2c(c1CO)C(C)=CC(C)(C)N2. The van der Waals surface area contributed by atoms with Gasteiger partial charge in [-0.05, 0) is 63.0 Å². The first-order valence-corrected chi connectivity index (χ1v) is 9.17. The molecule has 130 valence electrons. The normalized spacial score (nSPS) is 17.0. The Morgan fingerprint density at radius 3 is 2.62 bits per heavy atom. The highest BCUT2D eigenvalue weighted by atomic mass is 127. The molecule has 0 saturated carbocycles. The molecule has 0 radical (unpaired) electrons. The molecule has 2 rings (SSSR count). The van der Waals surface area contributed by atoms with Gasteiger partial charge in [0.15, 0.2) is 23.0 Å². The van der Waals surface area contributed by atoms with Crippen LogP contribution in [0.25, 0.3) is 11.1 Å². The van der Waals surface area contributed by atoms with Crippen molar-refractivity contribution in [3.05, 3.63) is 52.8 Å². The maximum atomic E-state index is 10.1. The average Bonchev–Trinajstić information content (AvgIpc) is 2.53. The van der Waals surface area contributed by atoms with Crippen LogP contribution in [0.2, 0.25) is 0 Å². The number of halogens is 1. The van der Waals surface area contributed by atoms with Gasteiger partial charge in [-0.1, -0.05) is 25.1 Å². The van der Waals surface area contributed by atoms with Crippen LogP contribution in [0.15, 0.2) is 36.1 Å². The maximum Gasteiger partial charge on any atom is 0.192 e. The van der Waals surface area contributed by atoms with E-state index in [2.05, 4.69) is 57.3 Å². The first-order valence-electron chi connectivity index (χ1n) is 8.29. The van der Waals surface area contributed by atoms with E-state index in [1.54, 1.807) is 0 Å². The van der Waals surface area contributed by atoms with Crippen molar-refractivity contribution >= 4 is 39.8 Å². The Morgan fingerprint density at radius 1 is 1.38 bits per heavy atom. The van der Waals surface area contributed by atoms with Gasteiger partial charge < -0.3 is 13.5 Å². The number of anilines is 1. The molecule has 2 N–H and O–H groups in total. The molecular formula is C20H26INO2. The van der Waals surface area contributed by atoms with Crippen molar-refractivity contribution in [2.45, 2.75) is 53.2 Å². The van der Waals surface area contributed by atoms with Crippen LogP contribution in [0.3, 0.4) is 0 Å². The summed E-state index contributed by atoms with van der Waals surface area (Å²) < 4.78 is 5.55. The predicted octanol–water partition coefficient (Wildman–Crippen LogP) is 5.85. The Labute approximate surface area is 159 Å². The quantitative estimate of drug-likeness (QED) is 0.344. The number of hydrogen-bond acceptors (Lipinski definition) is 3. The average molecular weight is 439 g/mol. The van der Waals surface area contributed by atoms with Crippen molar-refractivity contribution in [1.82, 2.24) is 0 Å². The Kier molecular flexibility index (Phi) is 6.15. The van der Waals surface area contributed by atoms with Crippen molar-refractivity contribution in [2.75, 3.05) is 5.32 Å². The van der Waals surface area contributed by atoms with Crippen LogP contribution >= 0.6 is 23.0 Å². The zero-order chi connectivity index (χ0) is 17.9. The van der Waals surface area contributed by atoms with Gasteiger partial charge in [0.25, 0.3) is 0 Å². The molecule has 0 aliphatic carbocycles. The zero-order valence-electron chi connectivity index (χ0n) is 15.0. The van der Waals surface area contributed by atoms with Gasteiger partial charge in [0.1, 0.15) is 5.76 Å². The number of hydrogen-bond donors (Lipinski definition) is 2. The molecule has 0 aromatic heterocycles. The molecule has 1 aromatic rings. The topological polar surface area (TPSA) is 41.5 Å². The molecule has 1 heterocycles. The lowest BCUT2D eigenvalue weighted by Crippen LogP contribution is -2.32. The molecule has 1 aliphatic rings. The van der Waals surface area contributed by atoms with Crippen molar-refractivity contribution < 1.29 is 8.17 Å². The molecule has 24 heavy (non-hydrogen) atoms. The Bertz CT molecular complexity index is 715. The van der Waals surface area contributed by atoms with E-state index in [1.165, 1.54) is 5.57 Å². The van der Waals surface area contributed by atoms with Gasteiger partial charge in [0.05, 0.1) is 12.1 Å². The zero-order valence-corrected chi connectivity index (χ0v) is 17.2. The summed E-state index contributed by atoms with van der Waals surface area (Å²) in [7, 11) is 0. The summed E-state index contributed by atoms with van der Waals surface area (Å²) in [4.78, 5) is 0. The van der Waals surface area contributed by atoms with E-state index in [1.807, 2.05) is 36.0 Å². The third kappa shape index (κ3) is 3.70. The van der Waals surface area contributed by atoms with E-state index >= 15 is 0 Å². The number of allylic oxidation sites excluding steroid dienone is 4. The van der Waals surface area contributed by atoms with Crippen LogP contribution in [0.5, 0.6) is 0 Å². The lowest BCUT2D eigenvalue weighted by molar-refractivity contribution is 0.281. The fourth-order valence-corrected chi connectivity index (χ4v) is 3.83. The van der Waals surface area contributed by atoms with Crippen molar-refractivity contribution in [2.24, 2.45) is 0 Å². The fourth-order valence-electron chi connectivity index (χ4n) is 3.41. The van der Waals surface area contributed by atoms with Crippen molar-refractivity contribution in [3.8, 4) is 0 Å². The number of aliphatic hydroxyl groups is 1. The van der Waals surface area contributed by atoms with Gasteiger partial charge in [-0.25, -0.2) is 0 Å². The minimum absolute atomic E-state index is 0.0101. The molecule has 0 bridgehead atoms. The molecular weight excluding hydrogens is 413 g/mol. The van der Waals surface area contributed by atoms with Crippen LogP contribution in [-0.4, -0.2) is 10.6 Å². The van der Waals surface area contributed by atoms with Crippen LogP contribution in [-0.2, 0) is 9.67 Å². The van der Waals surface area contributed by atoms with E-state index in [0.717, 1.165) is 40.1 Å². The molecule has 3 nitrogen and oxygen atoms in total. The van der Waals surface area contributed by atoms with Gasteiger partial charge in [-0.15, -0.1) is 0 Å². The van der Waals surface area contributed by atoms with E-state index in [9.17, 15) is 5.11 Å². The largest absolute Gasteiger partial charge is 0.427 e. The standard InChI is InChI=1S/C20H26INO2/c1-6-8-18(24-21)14(7-2)15-9-10-17-19(16(15)12-23)13(3)11-20(4,5)22-17/h7-11,22-23H,6,12H2,1-5H3/b14-7-,18-8+. The second-order valence-corrected chi connectivity index (χ2v) is 7.04. The van der Waals surface area contributed by atoms with Crippen LogP contribution in [0.1, 0.15) is 57.7 Å². The number of benzene rings is 1. The molecule has 0 saturated heterocycles. The van der Waals surface area contributed by atoms with Crippen LogP contribution < -0.4 is 5.32 Å². The Balaban J connectivity index is 2.67. The molecule has 0 amide bonds. The lowest BCUT2D eigenvalue weighted by atomic mass is 9.85. The summed E-state index contributed by atoms with van der Waals surface area (Å²) >= 11 is 1.92. The first-order chi connectivity index (χ1) is 11.4. The predicted molar refractivity (Wildman–Crippen MR) is 111 cm³/mol. The molecule has 0 fully saturated rings. The summed E-state index contributed by atoms with van der Waals surface area (Å²) in [6, 6.07) is 4.17. The van der Waals surface area contributed by atoms with Crippen molar-refractivity contribution in [1.29, 1.82) is 0 Å². The number of aliphatic hydroxyl groups excluding tert-OH is 1. The third-order valence-electron chi connectivity index (χ3n) is 4.22. The van der Waals surface area contributed by atoms with Crippen LogP contribution in [0, 0.1) is 0 Å². The fraction of sp³-hybridized carbons (Fsp3) is 0.400. The van der Waals surface area contributed by atoms with Gasteiger partial charge in [-0.3, -0.25) is 0 Å². The van der Waals surface area contributed by atoms with E-state index in [-0.39, 0.29) is 12.1 Å². The minimum atomic E-state index is -0.0899. The molecule has 0 unspecified atom stereocenters. The number of nitrogens with one attached hydrogen (secondary N) is 1. The van der Waals surface area contributed by atoms with Gasteiger partial charge in [0.2, 0.25) is 0 Å².